The quantitative estimate of drug-likeness (QED) is 0.863. The van der Waals surface area contributed by atoms with Gasteiger partial charge in [0, 0.05) is 37.1 Å². The van der Waals surface area contributed by atoms with E-state index in [4.69, 9.17) is 10.5 Å². The first-order valence-electron chi connectivity index (χ1n) is 6.78. The minimum Gasteiger partial charge on any atom is -0.481 e. The van der Waals surface area contributed by atoms with Crippen molar-refractivity contribution in [1.29, 1.82) is 0 Å². The van der Waals surface area contributed by atoms with Crippen LogP contribution in [0.25, 0.3) is 0 Å². The number of anilines is 1. The third-order valence-electron chi connectivity index (χ3n) is 4.45. The van der Waals surface area contributed by atoms with Crippen molar-refractivity contribution in [3.63, 3.8) is 0 Å². The van der Waals surface area contributed by atoms with E-state index in [1.165, 1.54) is 24.9 Å². The molecule has 98 valence electrons. The third kappa shape index (κ3) is 2.05. The van der Waals surface area contributed by atoms with Crippen LogP contribution in [0.2, 0.25) is 0 Å². The lowest BCUT2D eigenvalue weighted by Gasteiger charge is -2.29. The average molecular weight is 247 g/mol. The molecule has 1 aliphatic heterocycles. The largest absolute Gasteiger partial charge is 0.481 e. The molecule has 1 saturated heterocycles. The monoisotopic (exact) mass is 247 g/mol. The maximum Gasteiger partial charge on any atom is 0.214 e. The number of rotatable bonds is 2. The van der Waals surface area contributed by atoms with E-state index in [9.17, 15) is 0 Å². The fourth-order valence-corrected chi connectivity index (χ4v) is 3.43. The Labute approximate surface area is 108 Å². The number of ether oxygens (including phenoxy) is 1. The van der Waals surface area contributed by atoms with Gasteiger partial charge in [0.1, 0.15) is 0 Å². The molecule has 2 aliphatic rings. The minimum atomic E-state index is 0.387. The topological polar surface area (TPSA) is 51.4 Å². The summed E-state index contributed by atoms with van der Waals surface area (Å²) in [5, 5.41) is 0. The average Bonchev–Trinajstić information content (AvgIpc) is 2.84. The van der Waals surface area contributed by atoms with Crippen LogP contribution < -0.4 is 15.4 Å². The number of hydrogen-bond acceptors (Lipinski definition) is 4. The Morgan fingerprint density at radius 1 is 1.39 bits per heavy atom. The van der Waals surface area contributed by atoms with E-state index < -0.39 is 0 Å². The minimum absolute atomic E-state index is 0.387. The lowest BCUT2D eigenvalue weighted by atomic mass is 9.78. The molecule has 3 atom stereocenters. The fraction of sp³-hybridized carbons (Fsp3) is 0.643. The molecule has 1 aliphatic carbocycles. The molecule has 4 nitrogen and oxygen atoms in total. The zero-order valence-corrected chi connectivity index (χ0v) is 10.9. The van der Waals surface area contributed by atoms with Gasteiger partial charge in [-0.15, -0.1) is 0 Å². The number of hydrogen-bond donors (Lipinski definition) is 1. The van der Waals surface area contributed by atoms with E-state index in [1.54, 1.807) is 7.11 Å². The van der Waals surface area contributed by atoms with Gasteiger partial charge in [0.15, 0.2) is 0 Å². The molecule has 0 bridgehead atoms. The summed E-state index contributed by atoms with van der Waals surface area (Å²) in [5.74, 6) is 2.12. The van der Waals surface area contributed by atoms with Crippen molar-refractivity contribution in [3.8, 4) is 5.88 Å². The van der Waals surface area contributed by atoms with Crippen LogP contribution in [0.1, 0.15) is 19.3 Å². The highest BCUT2D eigenvalue weighted by molar-refractivity contribution is 5.49. The Hall–Kier alpha value is -1.29. The van der Waals surface area contributed by atoms with Crippen LogP contribution in [0.15, 0.2) is 18.3 Å². The SMILES string of the molecule is COc1cc(N2CC3CCCC(N)C3C2)ccn1. The molecule has 0 aromatic carbocycles. The first-order chi connectivity index (χ1) is 8.78. The molecule has 2 heterocycles. The summed E-state index contributed by atoms with van der Waals surface area (Å²) >= 11 is 0. The fourth-order valence-electron chi connectivity index (χ4n) is 3.43. The van der Waals surface area contributed by atoms with Crippen molar-refractivity contribution in [3.05, 3.63) is 18.3 Å². The molecular formula is C14H21N3O. The van der Waals surface area contributed by atoms with Gasteiger partial charge in [-0.3, -0.25) is 0 Å². The number of pyridine rings is 1. The van der Waals surface area contributed by atoms with E-state index in [2.05, 4.69) is 16.0 Å². The van der Waals surface area contributed by atoms with Gasteiger partial charge < -0.3 is 15.4 Å². The van der Waals surface area contributed by atoms with Crippen LogP contribution in [-0.4, -0.2) is 31.2 Å². The molecule has 3 rings (SSSR count). The van der Waals surface area contributed by atoms with Crippen molar-refractivity contribution in [2.45, 2.75) is 25.3 Å². The first kappa shape index (κ1) is 11.8. The van der Waals surface area contributed by atoms with Gasteiger partial charge in [0.2, 0.25) is 5.88 Å². The van der Waals surface area contributed by atoms with Crippen LogP contribution in [0, 0.1) is 11.8 Å². The van der Waals surface area contributed by atoms with E-state index in [-0.39, 0.29) is 0 Å². The summed E-state index contributed by atoms with van der Waals surface area (Å²) in [4.78, 5) is 6.60. The van der Waals surface area contributed by atoms with Crippen LogP contribution in [0.4, 0.5) is 5.69 Å². The smallest absolute Gasteiger partial charge is 0.214 e. The molecule has 0 spiro atoms. The van der Waals surface area contributed by atoms with Crippen LogP contribution in [0.5, 0.6) is 5.88 Å². The Kier molecular flexibility index (Phi) is 3.12. The standard InChI is InChI=1S/C14H21N3O/c1-18-14-7-11(5-6-16-14)17-8-10-3-2-4-13(15)12(10)9-17/h5-7,10,12-13H,2-4,8-9,15H2,1H3. The Balaban J connectivity index is 1.78. The highest BCUT2D eigenvalue weighted by Gasteiger charge is 2.38. The van der Waals surface area contributed by atoms with Crippen LogP contribution >= 0.6 is 0 Å². The second-order valence-corrected chi connectivity index (χ2v) is 5.48. The van der Waals surface area contributed by atoms with Gasteiger partial charge in [-0.05, 0) is 30.7 Å². The molecule has 1 aromatic rings. The maximum atomic E-state index is 6.25. The van der Waals surface area contributed by atoms with Gasteiger partial charge in [0.25, 0.3) is 0 Å². The van der Waals surface area contributed by atoms with Gasteiger partial charge in [-0.2, -0.15) is 0 Å². The van der Waals surface area contributed by atoms with Gasteiger partial charge >= 0.3 is 0 Å². The Morgan fingerprint density at radius 3 is 3.06 bits per heavy atom. The number of nitrogens with zero attached hydrogens (tertiary/aromatic N) is 2. The summed E-state index contributed by atoms with van der Waals surface area (Å²) in [6.07, 6.45) is 5.62. The first-order valence-corrected chi connectivity index (χ1v) is 6.78. The molecule has 1 saturated carbocycles. The molecule has 18 heavy (non-hydrogen) atoms. The third-order valence-corrected chi connectivity index (χ3v) is 4.45. The maximum absolute atomic E-state index is 6.25. The predicted molar refractivity (Wildman–Crippen MR) is 71.8 cm³/mol. The number of fused-ring (bicyclic) bond motifs is 1. The normalized spacial score (nSPS) is 31.2. The summed E-state index contributed by atoms with van der Waals surface area (Å²) in [5.41, 5.74) is 7.46. The van der Waals surface area contributed by atoms with Gasteiger partial charge in [0.05, 0.1) is 7.11 Å². The lowest BCUT2D eigenvalue weighted by Crippen LogP contribution is -2.38. The zero-order chi connectivity index (χ0) is 12.5. The van der Waals surface area contributed by atoms with Gasteiger partial charge in [-0.1, -0.05) is 6.42 Å². The number of nitrogens with two attached hydrogens (primary N) is 1. The number of methoxy groups -OCH3 is 1. The van der Waals surface area contributed by atoms with Crippen molar-refractivity contribution >= 4 is 5.69 Å². The summed E-state index contributed by atoms with van der Waals surface area (Å²) in [6.45, 7) is 2.21. The zero-order valence-electron chi connectivity index (χ0n) is 10.9. The van der Waals surface area contributed by atoms with Crippen molar-refractivity contribution in [2.24, 2.45) is 17.6 Å². The van der Waals surface area contributed by atoms with E-state index in [0.717, 1.165) is 19.0 Å². The molecule has 0 radical (unpaired) electrons. The second kappa shape index (κ2) is 4.76. The van der Waals surface area contributed by atoms with E-state index in [0.29, 0.717) is 17.8 Å². The highest BCUT2D eigenvalue weighted by Crippen LogP contribution is 2.37. The van der Waals surface area contributed by atoms with Crippen molar-refractivity contribution in [2.75, 3.05) is 25.1 Å². The molecule has 0 amide bonds. The number of aromatic nitrogens is 1. The van der Waals surface area contributed by atoms with E-state index >= 15 is 0 Å². The highest BCUT2D eigenvalue weighted by atomic mass is 16.5. The summed E-state index contributed by atoms with van der Waals surface area (Å²) in [7, 11) is 1.66. The lowest BCUT2D eigenvalue weighted by molar-refractivity contribution is 0.260. The molecule has 1 aromatic heterocycles. The summed E-state index contributed by atoms with van der Waals surface area (Å²) in [6, 6.07) is 4.46. The van der Waals surface area contributed by atoms with E-state index in [1.807, 2.05) is 12.3 Å². The second-order valence-electron chi connectivity index (χ2n) is 5.48. The van der Waals surface area contributed by atoms with Crippen molar-refractivity contribution in [1.82, 2.24) is 4.98 Å². The summed E-state index contributed by atoms with van der Waals surface area (Å²) < 4.78 is 5.19. The predicted octanol–water partition coefficient (Wildman–Crippen LogP) is 1.65. The molecule has 2 N–H and O–H groups in total. The van der Waals surface area contributed by atoms with Gasteiger partial charge in [-0.25, -0.2) is 4.98 Å². The van der Waals surface area contributed by atoms with Crippen molar-refractivity contribution < 1.29 is 4.74 Å². The Bertz CT molecular complexity index is 423. The Morgan fingerprint density at radius 2 is 2.28 bits per heavy atom. The molecule has 4 heteroatoms. The van der Waals surface area contributed by atoms with Crippen LogP contribution in [-0.2, 0) is 0 Å². The molecule has 3 unspecified atom stereocenters. The van der Waals surface area contributed by atoms with Crippen LogP contribution in [0.3, 0.4) is 0 Å². The molecule has 2 fully saturated rings. The molecular weight excluding hydrogens is 226 g/mol.